The molecular weight excluding hydrogens is 188 g/mol. The summed E-state index contributed by atoms with van der Waals surface area (Å²) < 4.78 is 17.8. The molecule has 0 bridgehead atoms. The Morgan fingerprint density at radius 2 is 2.29 bits per heavy atom. The highest BCUT2D eigenvalue weighted by atomic mass is 19.1. The number of rotatable bonds is 3. The molecule has 0 N–H and O–H groups in total. The van der Waals surface area contributed by atoms with Gasteiger partial charge in [0.2, 0.25) is 5.75 Å². The average Bonchev–Trinajstić information content (AvgIpc) is 2.16. The van der Waals surface area contributed by atoms with Crippen molar-refractivity contribution in [2.45, 2.75) is 6.32 Å². The van der Waals surface area contributed by atoms with Crippen LogP contribution in [0.4, 0.5) is 10.1 Å². The molecule has 0 spiro atoms. The zero-order valence-corrected chi connectivity index (χ0v) is 7.91. The zero-order valence-electron chi connectivity index (χ0n) is 7.91. The van der Waals surface area contributed by atoms with Gasteiger partial charge in [0.15, 0.2) is 5.82 Å². The summed E-state index contributed by atoms with van der Waals surface area (Å²) in [5, 5.41) is 10.6. The van der Waals surface area contributed by atoms with Crippen molar-refractivity contribution in [1.82, 2.24) is 0 Å². The number of ether oxygens (including phenoxy) is 1. The summed E-state index contributed by atoms with van der Waals surface area (Å²) in [6.45, 7) is 0. The fraction of sp³-hybridized carbons (Fsp3) is 0.250. The highest BCUT2D eigenvalue weighted by molar-refractivity contribution is 6.08. The monoisotopic (exact) mass is 197 g/mol. The fourth-order valence-electron chi connectivity index (χ4n) is 1.18. The third kappa shape index (κ3) is 1.84. The molecule has 0 unspecified atom stereocenters. The van der Waals surface area contributed by atoms with Crippen LogP contribution in [0.2, 0.25) is 0 Å². The molecule has 0 fully saturated rings. The Kier molecular flexibility index (Phi) is 3.06. The van der Waals surface area contributed by atoms with Crippen molar-refractivity contribution in [3.05, 3.63) is 33.6 Å². The lowest BCUT2D eigenvalue weighted by Crippen LogP contribution is -1.98. The second-order valence-electron chi connectivity index (χ2n) is 2.74. The number of methoxy groups -OCH3 is 1. The molecule has 0 aliphatic heterocycles. The molecule has 1 rings (SSSR count). The van der Waals surface area contributed by atoms with Crippen molar-refractivity contribution in [3.63, 3.8) is 0 Å². The topological polar surface area (TPSA) is 52.4 Å². The number of hydrogen-bond acceptors (Lipinski definition) is 3. The predicted octanol–water partition coefficient (Wildman–Crippen LogP) is 0.876. The normalized spacial score (nSPS) is 9.86. The third-order valence-electron chi connectivity index (χ3n) is 1.89. The van der Waals surface area contributed by atoms with Gasteiger partial charge < -0.3 is 4.74 Å². The molecule has 0 saturated carbocycles. The predicted molar refractivity (Wildman–Crippen MR) is 51.9 cm³/mol. The van der Waals surface area contributed by atoms with Crippen LogP contribution in [0, 0.1) is 15.9 Å². The summed E-state index contributed by atoms with van der Waals surface area (Å²) in [4.78, 5) is 9.91. The first kappa shape index (κ1) is 10.5. The van der Waals surface area contributed by atoms with Crippen LogP contribution in [0.15, 0.2) is 12.1 Å². The maximum absolute atomic E-state index is 13.2. The van der Waals surface area contributed by atoms with E-state index in [4.69, 9.17) is 0 Å². The summed E-state index contributed by atoms with van der Waals surface area (Å²) in [6.07, 6.45) is 0.543. The molecular formula is C8H9BFNO3. The Morgan fingerprint density at radius 1 is 1.64 bits per heavy atom. The van der Waals surface area contributed by atoms with Crippen molar-refractivity contribution in [2.24, 2.45) is 0 Å². The van der Waals surface area contributed by atoms with E-state index in [0.717, 1.165) is 0 Å². The Hall–Kier alpha value is -1.59. The summed E-state index contributed by atoms with van der Waals surface area (Å²) in [5.74, 6) is -1.01. The minimum absolute atomic E-state index is 0.313. The quantitative estimate of drug-likeness (QED) is 0.410. The third-order valence-corrected chi connectivity index (χ3v) is 1.89. The molecule has 1 aromatic rings. The van der Waals surface area contributed by atoms with Crippen LogP contribution in [0.5, 0.6) is 5.75 Å². The van der Waals surface area contributed by atoms with Crippen LogP contribution >= 0.6 is 0 Å². The number of benzene rings is 1. The van der Waals surface area contributed by atoms with Gasteiger partial charge in [-0.1, -0.05) is 6.32 Å². The lowest BCUT2D eigenvalue weighted by molar-refractivity contribution is -0.386. The van der Waals surface area contributed by atoms with Gasteiger partial charge in [-0.05, 0) is 11.6 Å². The molecule has 0 atom stereocenters. The van der Waals surface area contributed by atoms with Gasteiger partial charge in [-0.25, -0.2) is 4.39 Å². The summed E-state index contributed by atoms with van der Waals surface area (Å²) in [6, 6.07) is 2.56. The van der Waals surface area contributed by atoms with E-state index < -0.39 is 10.7 Å². The van der Waals surface area contributed by atoms with Crippen molar-refractivity contribution in [1.29, 1.82) is 0 Å². The van der Waals surface area contributed by atoms with E-state index >= 15 is 0 Å². The largest absolute Gasteiger partial charge is 0.488 e. The smallest absolute Gasteiger partial charge is 0.314 e. The van der Waals surface area contributed by atoms with Gasteiger partial charge in [-0.2, -0.15) is 0 Å². The molecule has 0 aliphatic carbocycles. The fourth-order valence-corrected chi connectivity index (χ4v) is 1.18. The number of nitro benzene ring substituents is 1. The van der Waals surface area contributed by atoms with Crippen LogP contribution in [0.25, 0.3) is 0 Å². The van der Waals surface area contributed by atoms with Gasteiger partial charge in [-0.3, -0.25) is 10.1 Å². The Morgan fingerprint density at radius 3 is 2.71 bits per heavy atom. The lowest BCUT2D eigenvalue weighted by Gasteiger charge is -2.04. The van der Waals surface area contributed by atoms with Gasteiger partial charge in [-0.15, -0.1) is 0 Å². The molecule has 0 amide bonds. The van der Waals surface area contributed by atoms with E-state index in [2.05, 4.69) is 4.74 Å². The van der Waals surface area contributed by atoms with E-state index in [9.17, 15) is 14.5 Å². The molecule has 0 aliphatic rings. The molecule has 1 aromatic carbocycles. The Labute approximate surface area is 81.2 Å². The highest BCUT2D eigenvalue weighted by Crippen LogP contribution is 2.30. The van der Waals surface area contributed by atoms with E-state index in [-0.39, 0.29) is 11.4 Å². The van der Waals surface area contributed by atoms with Gasteiger partial charge in [0.25, 0.3) is 0 Å². The summed E-state index contributed by atoms with van der Waals surface area (Å²) >= 11 is 0. The first-order chi connectivity index (χ1) is 6.60. The molecule has 4 nitrogen and oxygen atoms in total. The van der Waals surface area contributed by atoms with Gasteiger partial charge in [0.1, 0.15) is 7.85 Å². The van der Waals surface area contributed by atoms with Crippen molar-refractivity contribution >= 4 is 13.5 Å². The lowest BCUT2D eigenvalue weighted by atomic mass is 9.96. The zero-order chi connectivity index (χ0) is 10.7. The van der Waals surface area contributed by atoms with Gasteiger partial charge in [0, 0.05) is 6.07 Å². The Bertz CT molecular complexity index is 370. The van der Waals surface area contributed by atoms with Crippen LogP contribution in [0.1, 0.15) is 5.56 Å². The standard InChI is InChI=1S/C8H9BFNO3/c1-14-8-6(10)2-5(4-9)3-7(8)11(12)13/h2-3H,4,9H2,1H3. The van der Waals surface area contributed by atoms with Gasteiger partial charge >= 0.3 is 5.69 Å². The molecule has 74 valence electrons. The number of nitro groups is 1. The van der Waals surface area contributed by atoms with Gasteiger partial charge in [0.05, 0.1) is 12.0 Å². The van der Waals surface area contributed by atoms with E-state index in [1.165, 1.54) is 19.2 Å². The van der Waals surface area contributed by atoms with E-state index in [1.807, 2.05) is 0 Å². The van der Waals surface area contributed by atoms with E-state index in [0.29, 0.717) is 11.9 Å². The van der Waals surface area contributed by atoms with Crippen molar-refractivity contribution < 1.29 is 14.1 Å². The average molecular weight is 197 g/mol. The molecule has 14 heavy (non-hydrogen) atoms. The minimum Gasteiger partial charge on any atom is -0.488 e. The first-order valence-corrected chi connectivity index (χ1v) is 4.11. The maximum atomic E-state index is 13.2. The second-order valence-corrected chi connectivity index (χ2v) is 2.74. The molecule has 0 saturated heterocycles. The first-order valence-electron chi connectivity index (χ1n) is 4.11. The second kappa shape index (κ2) is 4.08. The number of hydrogen-bond donors (Lipinski definition) is 0. The highest BCUT2D eigenvalue weighted by Gasteiger charge is 2.20. The van der Waals surface area contributed by atoms with E-state index in [1.54, 1.807) is 7.85 Å². The summed E-state index contributed by atoms with van der Waals surface area (Å²) in [5.41, 5.74) is 0.249. The molecule has 0 aromatic heterocycles. The SMILES string of the molecule is BCc1cc(F)c(OC)c([N+](=O)[O-])c1. The summed E-state index contributed by atoms with van der Waals surface area (Å²) in [7, 11) is 3.00. The van der Waals surface area contributed by atoms with Crippen LogP contribution in [0.3, 0.4) is 0 Å². The van der Waals surface area contributed by atoms with Crippen LogP contribution < -0.4 is 4.74 Å². The number of halogens is 1. The minimum atomic E-state index is -0.696. The molecule has 0 radical (unpaired) electrons. The van der Waals surface area contributed by atoms with Crippen LogP contribution in [-0.4, -0.2) is 19.9 Å². The maximum Gasteiger partial charge on any atom is 0.314 e. The molecule has 6 heteroatoms. The molecule has 0 heterocycles. The van der Waals surface area contributed by atoms with Crippen LogP contribution in [-0.2, 0) is 6.32 Å². The number of nitrogens with zero attached hydrogens (tertiary/aromatic N) is 1. The Balaban J connectivity index is 3.35. The van der Waals surface area contributed by atoms with Crippen molar-refractivity contribution in [2.75, 3.05) is 7.11 Å². The van der Waals surface area contributed by atoms with Crippen molar-refractivity contribution in [3.8, 4) is 5.75 Å².